The SMILES string of the molecule is CCOCC(=O)Nc1ccccc1N1CCN(CC)CC1. The maximum absolute atomic E-state index is 11.8. The lowest BCUT2D eigenvalue weighted by Crippen LogP contribution is -2.46. The summed E-state index contributed by atoms with van der Waals surface area (Å²) in [6.07, 6.45) is 0. The molecule has 1 aromatic rings. The highest BCUT2D eigenvalue weighted by molar-refractivity contribution is 5.95. The summed E-state index contributed by atoms with van der Waals surface area (Å²) in [5, 5.41) is 2.95. The molecule has 0 saturated carbocycles. The van der Waals surface area contributed by atoms with Gasteiger partial charge in [-0.05, 0) is 25.6 Å². The van der Waals surface area contributed by atoms with Crippen molar-refractivity contribution in [3.63, 3.8) is 0 Å². The van der Waals surface area contributed by atoms with E-state index in [1.165, 1.54) is 0 Å². The van der Waals surface area contributed by atoms with E-state index in [4.69, 9.17) is 4.74 Å². The maximum atomic E-state index is 11.8. The number of carbonyl (C=O) groups excluding carboxylic acids is 1. The summed E-state index contributed by atoms with van der Waals surface area (Å²) in [4.78, 5) is 16.6. The number of benzene rings is 1. The maximum Gasteiger partial charge on any atom is 0.250 e. The molecule has 0 unspecified atom stereocenters. The molecule has 1 aromatic carbocycles. The number of nitrogens with zero attached hydrogens (tertiary/aromatic N) is 2. The topological polar surface area (TPSA) is 44.8 Å². The van der Waals surface area contributed by atoms with Crippen LogP contribution in [0.5, 0.6) is 0 Å². The van der Waals surface area contributed by atoms with E-state index >= 15 is 0 Å². The minimum atomic E-state index is -0.100. The van der Waals surface area contributed by atoms with Crippen LogP contribution in [0.4, 0.5) is 11.4 Å². The fourth-order valence-corrected chi connectivity index (χ4v) is 2.54. The molecule has 5 heteroatoms. The summed E-state index contributed by atoms with van der Waals surface area (Å²) < 4.78 is 5.15. The quantitative estimate of drug-likeness (QED) is 0.868. The molecule has 0 aliphatic carbocycles. The first-order valence-electron chi connectivity index (χ1n) is 7.68. The van der Waals surface area contributed by atoms with E-state index in [0.29, 0.717) is 6.61 Å². The Morgan fingerprint density at radius 3 is 2.57 bits per heavy atom. The van der Waals surface area contributed by atoms with Crippen LogP contribution in [0, 0.1) is 0 Å². The molecule has 1 aliphatic heterocycles. The third kappa shape index (κ3) is 4.44. The predicted octanol–water partition coefficient (Wildman–Crippen LogP) is 1.80. The molecule has 116 valence electrons. The number of rotatable bonds is 6. The molecule has 1 saturated heterocycles. The Balaban J connectivity index is 2.01. The molecule has 1 N–H and O–H groups in total. The number of ether oxygens (including phenoxy) is 1. The molecule has 0 spiro atoms. The summed E-state index contributed by atoms with van der Waals surface area (Å²) >= 11 is 0. The first kappa shape index (κ1) is 15.8. The second kappa shape index (κ2) is 8.00. The molecule has 2 rings (SSSR count). The fourth-order valence-electron chi connectivity index (χ4n) is 2.54. The van der Waals surface area contributed by atoms with Gasteiger partial charge in [0.05, 0.1) is 11.4 Å². The lowest BCUT2D eigenvalue weighted by Gasteiger charge is -2.36. The van der Waals surface area contributed by atoms with Crippen LogP contribution in [0.3, 0.4) is 0 Å². The first-order chi connectivity index (χ1) is 10.2. The summed E-state index contributed by atoms with van der Waals surface area (Å²) in [5.41, 5.74) is 1.96. The summed E-state index contributed by atoms with van der Waals surface area (Å²) in [7, 11) is 0. The monoisotopic (exact) mass is 291 g/mol. The number of para-hydroxylation sites is 2. The van der Waals surface area contributed by atoms with Crippen molar-refractivity contribution in [3.8, 4) is 0 Å². The molecule has 1 aliphatic rings. The summed E-state index contributed by atoms with van der Waals surface area (Å²) in [6, 6.07) is 7.98. The number of piperazine rings is 1. The van der Waals surface area contributed by atoms with Crippen LogP contribution in [0.2, 0.25) is 0 Å². The van der Waals surface area contributed by atoms with Gasteiger partial charge in [-0.2, -0.15) is 0 Å². The standard InChI is InChI=1S/C16H25N3O2/c1-3-18-9-11-19(12-10-18)15-8-6-5-7-14(15)17-16(20)13-21-4-2/h5-8H,3-4,9-13H2,1-2H3,(H,17,20). The molecule has 1 amide bonds. The van der Waals surface area contributed by atoms with Gasteiger partial charge in [-0.1, -0.05) is 19.1 Å². The smallest absolute Gasteiger partial charge is 0.250 e. The summed E-state index contributed by atoms with van der Waals surface area (Å²) in [5.74, 6) is -0.100. The average molecular weight is 291 g/mol. The van der Waals surface area contributed by atoms with Crippen LogP contribution in [-0.4, -0.2) is 56.7 Å². The van der Waals surface area contributed by atoms with Crippen molar-refractivity contribution in [2.24, 2.45) is 0 Å². The van der Waals surface area contributed by atoms with Gasteiger partial charge in [-0.3, -0.25) is 4.79 Å². The molecular formula is C16H25N3O2. The second-order valence-electron chi connectivity index (χ2n) is 5.12. The van der Waals surface area contributed by atoms with E-state index in [-0.39, 0.29) is 12.5 Å². The van der Waals surface area contributed by atoms with Crippen molar-refractivity contribution in [2.75, 3.05) is 56.2 Å². The summed E-state index contributed by atoms with van der Waals surface area (Å²) in [6.45, 7) is 9.95. The van der Waals surface area contributed by atoms with Crippen LogP contribution in [-0.2, 0) is 9.53 Å². The Kier molecular flexibility index (Phi) is 6.02. The van der Waals surface area contributed by atoms with Gasteiger partial charge in [0.15, 0.2) is 0 Å². The van der Waals surface area contributed by atoms with Gasteiger partial charge in [-0.25, -0.2) is 0 Å². The Morgan fingerprint density at radius 1 is 1.19 bits per heavy atom. The van der Waals surface area contributed by atoms with Crippen LogP contribution in [0.15, 0.2) is 24.3 Å². The molecule has 1 heterocycles. The van der Waals surface area contributed by atoms with Crippen LogP contribution < -0.4 is 10.2 Å². The van der Waals surface area contributed by atoms with Gasteiger partial charge in [0, 0.05) is 32.8 Å². The molecule has 1 fully saturated rings. The zero-order valence-corrected chi connectivity index (χ0v) is 13.0. The largest absolute Gasteiger partial charge is 0.372 e. The van der Waals surface area contributed by atoms with Crippen molar-refractivity contribution >= 4 is 17.3 Å². The first-order valence-corrected chi connectivity index (χ1v) is 7.68. The lowest BCUT2D eigenvalue weighted by atomic mass is 10.2. The Bertz CT molecular complexity index is 457. The second-order valence-corrected chi connectivity index (χ2v) is 5.12. The normalized spacial score (nSPS) is 16.0. The molecule has 21 heavy (non-hydrogen) atoms. The number of amides is 1. The number of hydrogen-bond donors (Lipinski definition) is 1. The van der Waals surface area contributed by atoms with E-state index in [1.807, 2.05) is 25.1 Å². The highest BCUT2D eigenvalue weighted by atomic mass is 16.5. The fraction of sp³-hybridized carbons (Fsp3) is 0.562. The highest BCUT2D eigenvalue weighted by Gasteiger charge is 2.18. The van der Waals surface area contributed by atoms with Gasteiger partial charge in [0.2, 0.25) is 5.91 Å². The minimum absolute atomic E-state index is 0.100. The predicted molar refractivity (Wildman–Crippen MR) is 85.9 cm³/mol. The molecular weight excluding hydrogens is 266 g/mol. The van der Waals surface area contributed by atoms with Crippen molar-refractivity contribution in [1.82, 2.24) is 4.90 Å². The van der Waals surface area contributed by atoms with Crippen molar-refractivity contribution in [3.05, 3.63) is 24.3 Å². The van der Waals surface area contributed by atoms with Crippen molar-refractivity contribution in [1.29, 1.82) is 0 Å². The number of nitrogens with one attached hydrogen (secondary N) is 1. The van der Waals surface area contributed by atoms with Gasteiger partial charge < -0.3 is 19.9 Å². The molecule has 0 bridgehead atoms. The van der Waals surface area contributed by atoms with E-state index < -0.39 is 0 Å². The molecule has 0 aromatic heterocycles. The third-order valence-corrected chi connectivity index (χ3v) is 3.78. The highest BCUT2D eigenvalue weighted by Crippen LogP contribution is 2.26. The zero-order chi connectivity index (χ0) is 15.1. The molecule has 0 radical (unpaired) electrons. The van der Waals surface area contributed by atoms with Crippen molar-refractivity contribution in [2.45, 2.75) is 13.8 Å². The third-order valence-electron chi connectivity index (χ3n) is 3.78. The van der Waals surface area contributed by atoms with Gasteiger partial charge in [-0.15, -0.1) is 0 Å². The molecule has 5 nitrogen and oxygen atoms in total. The van der Waals surface area contributed by atoms with E-state index in [1.54, 1.807) is 0 Å². The Labute approximate surface area is 126 Å². The lowest BCUT2D eigenvalue weighted by molar-refractivity contribution is -0.120. The van der Waals surface area contributed by atoms with Crippen LogP contribution in [0.25, 0.3) is 0 Å². The van der Waals surface area contributed by atoms with E-state index in [0.717, 1.165) is 44.1 Å². The zero-order valence-electron chi connectivity index (χ0n) is 13.0. The average Bonchev–Trinajstić information content (AvgIpc) is 2.53. The van der Waals surface area contributed by atoms with Crippen molar-refractivity contribution < 1.29 is 9.53 Å². The Hall–Kier alpha value is -1.59. The Morgan fingerprint density at radius 2 is 1.90 bits per heavy atom. The van der Waals surface area contributed by atoms with Crippen LogP contribution >= 0.6 is 0 Å². The van der Waals surface area contributed by atoms with E-state index in [2.05, 4.69) is 28.1 Å². The van der Waals surface area contributed by atoms with Gasteiger partial charge in [0.1, 0.15) is 6.61 Å². The van der Waals surface area contributed by atoms with Crippen LogP contribution in [0.1, 0.15) is 13.8 Å². The number of anilines is 2. The molecule has 0 atom stereocenters. The number of carbonyl (C=O) groups is 1. The number of hydrogen-bond acceptors (Lipinski definition) is 4. The van der Waals surface area contributed by atoms with Gasteiger partial charge >= 0.3 is 0 Å². The van der Waals surface area contributed by atoms with Gasteiger partial charge in [0.25, 0.3) is 0 Å². The minimum Gasteiger partial charge on any atom is -0.372 e. The number of likely N-dealkylation sites (N-methyl/N-ethyl adjacent to an activating group) is 1. The van der Waals surface area contributed by atoms with E-state index in [9.17, 15) is 4.79 Å².